The Kier molecular flexibility index (Phi) is 5.07. The van der Waals surface area contributed by atoms with Crippen LogP contribution < -0.4 is 15.0 Å². The number of benzene rings is 2. The summed E-state index contributed by atoms with van der Waals surface area (Å²) in [5.74, 6) is -0.836. The Bertz CT molecular complexity index is 962. The number of nitrogens with one attached hydrogen (secondary N) is 1. The number of hydrogen-bond donors (Lipinski definition) is 1. The number of rotatable bonds is 4. The Morgan fingerprint density at radius 1 is 1.04 bits per heavy atom. The molecule has 0 spiro atoms. The van der Waals surface area contributed by atoms with Gasteiger partial charge >= 0.3 is 6.03 Å². The van der Waals surface area contributed by atoms with Crippen molar-refractivity contribution in [2.45, 2.75) is 20.8 Å². The number of aryl methyl sites for hydroxylation is 2. The Morgan fingerprint density at radius 2 is 1.78 bits per heavy atom. The molecule has 0 saturated carbocycles. The number of amides is 4. The fourth-order valence-corrected chi connectivity index (χ4v) is 2.80. The number of hydrogen-bond acceptors (Lipinski definition) is 4. The average Bonchev–Trinajstić information content (AvgIpc) is 2.63. The van der Waals surface area contributed by atoms with Gasteiger partial charge in [-0.05, 0) is 56.2 Å². The summed E-state index contributed by atoms with van der Waals surface area (Å²) in [4.78, 5) is 38.5. The lowest BCUT2D eigenvalue weighted by Crippen LogP contribution is -2.54. The van der Waals surface area contributed by atoms with Crippen LogP contribution in [0.25, 0.3) is 6.08 Å². The van der Waals surface area contributed by atoms with E-state index in [0.717, 1.165) is 16.0 Å². The van der Waals surface area contributed by atoms with Crippen LogP contribution in [0.3, 0.4) is 0 Å². The normalized spacial score (nSPS) is 15.9. The summed E-state index contributed by atoms with van der Waals surface area (Å²) in [6.07, 6.45) is 1.45. The second kappa shape index (κ2) is 7.45. The zero-order valence-corrected chi connectivity index (χ0v) is 15.4. The minimum Gasteiger partial charge on any atom is -0.493 e. The maximum absolute atomic E-state index is 13.0. The number of nitrogens with zero attached hydrogens (tertiary/aromatic N) is 1. The predicted molar refractivity (Wildman–Crippen MR) is 103 cm³/mol. The fraction of sp³-hybridized carbons (Fsp3) is 0.190. The van der Waals surface area contributed by atoms with Gasteiger partial charge in [0.15, 0.2) is 0 Å². The SMILES string of the molecule is CCOc1ccccc1/C=C1\C(=O)NC(=O)N(c2ccc(C)c(C)c2)C1=O. The first-order chi connectivity index (χ1) is 12.9. The first-order valence-electron chi connectivity index (χ1n) is 8.63. The molecule has 1 heterocycles. The molecule has 6 nitrogen and oxygen atoms in total. The smallest absolute Gasteiger partial charge is 0.335 e. The number of para-hydroxylation sites is 1. The summed E-state index contributed by atoms with van der Waals surface area (Å²) < 4.78 is 5.54. The number of barbiturate groups is 1. The number of carbonyl (C=O) groups is 3. The van der Waals surface area contributed by atoms with E-state index in [0.29, 0.717) is 23.6 Å². The van der Waals surface area contributed by atoms with Gasteiger partial charge in [0.25, 0.3) is 11.8 Å². The Morgan fingerprint density at radius 3 is 2.48 bits per heavy atom. The zero-order valence-electron chi connectivity index (χ0n) is 15.4. The molecule has 6 heteroatoms. The molecular weight excluding hydrogens is 344 g/mol. The van der Waals surface area contributed by atoms with Crippen LogP contribution in [0.4, 0.5) is 10.5 Å². The van der Waals surface area contributed by atoms with E-state index in [1.807, 2.05) is 26.8 Å². The molecule has 27 heavy (non-hydrogen) atoms. The lowest BCUT2D eigenvalue weighted by Gasteiger charge is -2.27. The maximum Gasteiger partial charge on any atom is 0.335 e. The van der Waals surface area contributed by atoms with Crippen molar-refractivity contribution in [3.8, 4) is 5.75 Å². The van der Waals surface area contributed by atoms with Gasteiger partial charge in [-0.3, -0.25) is 14.9 Å². The van der Waals surface area contributed by atoms with Crippen LogP contribution >= 0.6 is 0 Å². The number of imide groups is 2. The Balaban J connectivity index is 2.04. The van der Waals surface area contributed by atoms with E-state index < -0.39 is 17.8 Å². The largest absolute Gasteiger partial charge is 0.493 e. The summed E-state index contributed by atoms with van der Waals surface area (Å²) in [7, 11) is 0. The lowest BCUT2D eigenvalue weighted by molar-refractivity contribution is -0.122. The quantitative estimate of drug-likeness (QED) is 0.667. The highest BCUT2D eigenvalue weighted by Gasteiger charge is 2.37. The van der Waals surface area contributed by atoms with Crippen LogP contribution in [0.1, 0.15) is 23.6 Å². The van der Waals surface area contributed by atoms with Crippen molar-refractivity contribution >= 4 is 29.6 Å². The van der Waals surface area contributed by atoms with Crippen LogP contribution in [0, 0.1) is 13.8 Å². The highest BCUT2D eigenvalue weighted by molar-refractivity contribution is 6.39. The highest BCUT2D eigenvalue weighted by Crippen LogP contribution is 2.26. The van der Waals surface area contributed by atoms with E-state index in [1.54, 1.807) is 36.4 Å². The minimum atomic E-state index is -0.761. The molecule has 1 N–H and O–H groups in total. The molecular formula is C21H20N2O4. The molecule has 1 saturated heterocycles. The van der Waals surface area contributed by atoms with Crippen molar-refractivity contribution in [2.75, 3.05) is 11.5 Å². The third-order valence-corrected chi connectivity index (χ3v) is 4.37. The van der Waals surface area contributed by atoms with Gasteiger partial charge in [0, 0.05) is 5.56 Å². The second-order valence-electron chi connectivity index (χ2n) is 6.20. The first kappa shape index (κ1) is 18.4. The highest BCUT2D eigenvalue weighted by atomic mass is 16.5. The number of anilines is 1. The van der Waals surface area contributed by atoms with Gasteiger partial charge in [-0.25, -0.2) is 9.69 Å². The third kappa shape index (κ3) is 3.60. The summed E-state index contributed by atoms with van der Waals surface area (Å²) in [5.41, 5.74) is 2.86. The fourth-order valence-electron chi connectivity index (χ4n) is 2.80. The molecule has 0 aliphatic carbocycles. The summed E-state index contributed by atoms with van der Waals surface area (Å²) in [6.45, 7) is 6.14. The second-order valence-corrected chi connectivity index (χ2v) is 6.20. The predicted octanol–water partition coefficient (Wildman–Crippen LogP) is 3.37. The van der Waals surface area contributed by atoms with Gasteiger partial charge in [-0.1, -0.05) is 24.3 Å². The van der Waals surface area contributed by atoms with Gasteiger partial charge < -0.3 is 4.74 Å². The van der Waals surface area contributed by atoms with Gasteiger partial charge in [-0.15, -0.1) is 0 Å². The Labute approximate surface area is 157 Å². The molecule has 4 amide bonds. The van der Waals surface area contributed by atoms with Crippen molar-refractivity contribution in [3.05, 3.63) is 64.7 Å². The minimum absolute atomic E-state index is 0.125. The van der Waals surface area contributed by atoms with E-state index >= 15 is 0 Å². The van der Waals surface area contributed by atoms with Crippen LogP contribution in [-0.2, 0) is 9.59 Å². The van der Waals surface area contributed by atoms with Crippen LogP contribution in [0.5, 0.6) is 5.75 Å². The first-order valence-corrected chi connectivity index (χ1v) is 8.63. The standard InChI is InChI=1S/C21H20N2O4/c1-4-27-18-8-6-5-7-15(18)12-17-19(24)22-21(26)23(20(17)25)16-10-9-13(2)14(3)11-16/h5-12H,4H2,1-3H3,(H,22,24,26)/b17-12+. The molecule has 0 atom stereocenters. The molecule has 3 rings (SSSR count). The van der Waals surface area contributed by atoms with Crippen LogP contribution in [0.15, 0.2) is 48.0 Å². The number of urea groups is 1. The Hall–Kier alpha value is -3.41. The number of ether oxygens (including phenoxy) is 1. The molecule has 0 aromatic heterocycles. The lowest BCUT2D eigenvalue weighted by atomic mass is 10.0. The van der Waals surface area contributed by atoms with Crippen molar-refractivity contribution in [1.82, 2.24) is 5.32 Å². The van der Waals surface area contributed by atoms with Crippen molar-refractivity contribution in [2.24, 2.45) is 0 Å². The van der Waals surface area contributed by atoms with Crippen molar-refractivity contribution in [3.63, 3.8) is 0 Å². The molecule has 1 fully saturated rings. The molecule has 0 unspecified atom stereocenters. The van der Waals surface area contributed by atoms with E-state index in [4.69, 9.17) is 4.74 Å². The monoisotopic (exact) mass is 364 g/mol. The molecule has 2 aromatic rings. The van der Waals surface area contributed by atoms with Crippen LogP contribution in [0.2, 0.25) is 0 Å². The number of carbonyl (C=O) groups excluding carboxylic acids is 3. The van der Waals surface area contributed by atoms with E-state index in [-0.39, 0.29) is 5.57 Å². The molecule has 2 aromatic carbocycles. The maximum atomic E-state index is 13.0. The van der Waals surface area contributed by atoms with Crippen molar-refractivity contribution < 1.29 is 19.1 Å². The zero-order chi connectivity index (χ0) is 19.6. The summed E-state index contributed by atoms with van der Waals surface area (Å²) in [6, 6.07) is 11.6. The molecule has 1 aliphatic heterocycles. The van der Waals surface area contributed by atoms with Gasteiger partial charge in [-0.2, -0.15) is 0 Å². The van der Waals surface area contributed by atoms with Gasteiger partial charge in [0.2, 0.25) is 0 Å². The van der Waals surface area contributed by atoms with E-state index in [9.17, 15) is 14.4 Å². The summed E-state index contributed by atoms with van der Waals surface area (Å²) >= 11 is 0. The van der Waals surface area contributed by atoms with Gasteiger partial charge in [0.05, 0.1) is 12.3 Å². The van der Waals surface area contributed by atoms with E-state index in [2.05, 4.69) is 5.32 Å². The van der Waals surface area contributed by atoms with Gasteiger partial charge in [0.1, 0.15) is 11.3 Å². The topological polar surface area (TPSA) is 75.7 Å². The molecule has 0 bridgehead atoms. The van der Waals surface area contributed by atoms with E-state index in [1.165, 1.54) is 6.08 Å². The summed E-state index contributed by atoms with van der Waals surface area (Å²) in [5, 5.41) is 2.23. The molecule has 0 radical (unpaired) electrons. The van der Waals surface area contributed by atoms with Crippen molar-refractivity contribution in [1.29, 1.82) is 0 Å². The van der Waals surface area contributed by atoms with Crippen LogP contribution in [-0.4, -0.2) is 24.5 Å². The third-order valence-electron chi connectivity index (χ3n) is 4.37. The molecule has 138 valence electrons. The average molecular weight is 364 g/mol. The molecule has 1 aliphatic rings.